The van der Waals surface area contributed by atoms with Crippen LogP contribution in [0.1, 0.15) is 55.5 Å². The second kappa shape index (κ2) is 8.57. The van der Waals surface area contributed by atoms with Gasteiger partial charge >= 0.3 is 0 Å². The third-order valence-electron chi connectivity index (χ3n) is 6.08. The number of carbonyl (C=O) groups excluding carboxylic acids is 1. The summed E-state index contributed by atoms with van der Waals surface area (Å²) in [5.74, 6) is 0.424. The first kappa shape index (κ1) is 20.5. The minimum atomic E-state index is -0.181. The van der Waals surface area contributed by atoms with E-state index in [-0.39, 0.29) is 17.7 Å². The van der Waals surface area contributed by atoms with Crippen molar-refractivity contribution in [1.29, 1.82) is 0 Å². The van der Waals surface area contributed by atoms with E-state index in [4.69, 9.17) is 16.6 Å². The predicted molar refractivity (Wildman–Crippen MR) is 122 cm³/mol. The van der Waals surface area contributed by atoms with Gasteiger partial charge in [-0.25, -0.2) is 0 Å². The Hall–Kier alpha value is -2.72. The summed E-state index contributed by atoms with van der Waals surface area (Å²) in [6.45, 7) is 6.25. The summed E-state index contributed by atoms with van der Waals surface area (Å²) in [5, 5.41) is 3.69. The number of fused-ring (bicyclic) bond motifs is 1. The third kappa shape index (κ3) is 4.10. The second-order valence-corrected chi connectivity index (χ2v) is 8.61. The highest BCUT2D eigenvalue weighted by molar-refractivity contribution is 6.33. The van der Waals surface area contributed by atoms with Gasteiger partial charge in [0.15, 0.2) is 0 Å². The lowest BCUT2D eigenvalue weighted by Gasteiger charge is -2.32. The molecule has 1 aliphatic carbocycles. The molecule has 4 nitrogen and oxygen atoms in total. The Morgan fingerprint density at radius 2 is 2.00 bits per heavy atom. The van der Waals surface area contributed by atoms with E-state index in [2.05, 4.69) is 29.4 Å². The van der Waals surface area contributed by atoms with E-state index < -0.39 is 0 Å². The maximum Gasteiger partial charge on any atom is 0.227 e. The van der Waals surface area contributed by atoms with Crippen molar-refractivity contribution < 1.29 is 4.79 Å². The quantitative estimate of drug-likeness (QED) is 0.535. The van der Waals surface area contributed by atoms with Crippen LogP contribution >= 0.6 is 11.6 Å². The fourth-order valence-corrected chi connectivity index (χ4v) is 4.48. The molecule has 1 amide bonds. The molecule has 30 heavy (non-hydrogen) atoms. The van der Waals surface area contributed by atoms with Crippen LogP contribution in [0, 0.1) is 12.8 Å². The number of pyridine rings is 2. The van der Waals surface area contributed by atoms with Gasteiger partial charge in [-0.1, -0.05) is 37.6 Å². The summed E-state index contributed by atoms with van der Waals surface area (Å²) in [4.78, 5) is 22.3. The third-order valence-corrected chi connectivity index (χ3v) is 6.41. The van der Waals surface area contributed by atoms with Crippen LogP contribution in [0.15, 0.2) is 54.7 Å². The van der Waals surface area contributed by atoms with Crippen LogP contribution in [0.25, 0.3) is 11.3 Å². The summed E-state index contributed by atoms with van der Waals surface area (Å²) in [5.41, 5.74) is 5.66. The molecule has 0 aliphatic heterocycles. The minimum absolute atomic E-state index is 0.00176. The number of carbonyl (C=O) groups is 1. The van der Waals surface area contributed by atoms with Crippen LogP contribution in [-0.4, -0.2) is 15.9 Å². The van der Waals surface area contributed by atoms with Crippen LogP contribution in [0.4, 0.5) is 5.69 Å². The van der Waals surface area contributed by atoms with Crippen molar-refractivity contribution in [2.45, 2.75) is 45.4 Å². The molecule has 0 radical (unpaired) electrons. The largest absolute Gasteiger partial charge is 0.326 e. The molecule has 2 heterocycles. The van der Waals surface area contributed by atoms with Crippen LogP contribution in [0.2, 0.25) is 5.02 Å². The van der Waals surface area contributed by atoms with Gasteiger partial charge in [-0.05, 0) is 67.6 Å². The molecular weight excluding hydrogens is 394 g/mol. The Morgan fingerprint density at radius 3 is 2.77 bits per heavy atom. The van der Waals surface area contributed by atoms with Crippen LogP contribution < -0.4 is 5.32 Å². The standard InChI is InChI=1S/C25H26ClN3O/c1-15-7-10-20(24-19(15)11-8-16(2)28-24)17(3)25(30)29-18-9-12-22(26)21(14-18)23-6-4-5-13-27-23/h4-6,8-9,11-15,17,20H,7,10H2,1-3H3,(H,29,30)/t15-,17-,20+/m1/s1. The Labute approximate surface area is 182 Å². The number of aromatic nitrogens is 2. The van der Waals surface area contributed by atoms with Crippen LogP contribution in [0.5, 0.6) is 0 Å². The Bertz CT molecular complexity index is 1070. The highest BCUT2D eigenvalue weighted by Crippen LogP contribution is 2.41. The number of anilines is 1. The maximum atomic E-state index is 13.1. The fraction of sp³-hybridized carbons (Fsp3) is 0.320. The minimum Gasteiger partial charge on any atom is -0.326 e. The predicted octanol–water partition coefficient (Wildman–Crippen LogP) is 6.36. The van der Waals surface area contributed by atoms with Crippen molar-refractivity contribution >= 4 is 23.2 Å². The lowest BCUT2D eigenvalue weighted by molar-refractivity contribution is -0.120. The lowest BCUT2D eigenvalue weighted by atomic mass is 9.75. The average molecular weight is 420 g/mol. The van der Waals surface area contributed by atoms with Crippen molar-refractivity contribution in [3.63, 3.8) is 0 Å². The molecule has 1 aromatic carbocycles. The van der Waals surface area contributed by atoms with E-state index in [0.29, 0.717) is 10.9 Å². The molecule has 2 aromatic heterocycles. The molecule has 0 bridgehead atoms. The van der Waals surface area contributed by atoms with Crippen molar-refractivity contribution in [3.05, 3.63) is 76.7 Å². The van der Waals surface area contributed by atoms with Crippen LogP contribution in [0.3, 0.4) is 0 Å². The zero-order valence-corrected chi connectivity index (χ0v) is 18.3. The molecule has 3 atom stereocenters. The first-order valence-electron chi connectivity index (χ1n) is 10.4. The molecule has 0 fully saturated rings. The summed E-state index contributed by atoms with van der Waals surface area (Å²) in [7, 11) is 0. The number of aryl methyl sites for hydroxylation is 1. The smallest absolute Gasteiger partial charge is 0.227 e. The summed E-state index contributed by atoms with van der Waals surface area (Å²) >= 11 is 6.38. The van der Waals surface area contributed by atoms with Crippen molar-refractivity contribution in [2.75, 3.05) is 5.32 Å². The molecule has 154 valence electrons. The van der Waals surface area contributed by atoms with Gasteiger partial charge in [0.1, 0.15) is 0 Å². The highest BCUT2D eigenvalue weighted by Gasteiger charge is 2.33. The Morgan fingerprint density at radius 1 is 1.17 bits per heavy atom. The molecule has 5 heteroatoms. The van der Waals surface area contributed by atoms with Gasteiger partial charge in [-0.2, -0.15) is 0 Å². The number of amides is 1. The summed E-state index contributed by atoms with van der Waals surface area (Å²) in [6.07, 6.45) is 3.78. The zero-order valence-electron chi connectivity index (χ0n) is 17.5. The number of hydrogen-bond donors (Lipinski definition) is 1. The number of rotatable bonds is 4. The molecule has 3 aromatic rings. The van der Waals surface area contributed by atoms with E-state index in [0.717, 1.165) is 41.2 Å². The monoisotopic (exact) mass is 419 g/mol. The first-order valence-corrected chi connectivity index (χ1v) is 10.8. The number of benzene rings is 1. The molecule has 4 rings (SSSR count). The van der Waals surface area contributed by atoms with E-state index in [9.17, 15) is 4.79 Å². The summed E-state index contributed by atoms with van der Waals surface area (Å²) in [6, 6.07) is 15.4. The lowest BCUT2D eigenvalue weighted by Crippen LogP contribution is -2.29. The fourth-order valence-electron chi connectivity index (χ4n) is 4.27. The molecule has 0 saturated carbocycles. The number of nitrogens with zero attached hydrogens (tertiary/aromatic N) is 2. The zero-order chi connectivity index (χ0) is 21.3. The van der Waals surface area contributed by atoms with Gasteiger partial charge in [0.05, 0.1) is 10.7 Å². The van der Waals surface area contributed by atoms with E-state index >= 15 is 0 Å². The Balaban J connectivity index is 1.57. The van der Waals surface area contributed by atoms with Crippen molar-refractivity contribution in [1.82, 2.24) is 9.97 Å². The number of nitrogens with one attached hydrogen (secondary N) is 1. The molecule has 1 N–H and O–H groups in total. The van der Waals surface area contributed by atoms with E-state index in [1.807, 2.05) is 44.2 Å². The van der Waals surface area contributed by atoms with Gasteiger partial charge in [0.25, 0.3) is 0 Å². The molecule has 0 saturated heterocycles. The molecule has 0 unspecified atom stereocenters. The second-order valence-electron chi connectivity index (χ2n) is 8.20. The highest BCUT2D eigenvalue weighted by atomic mass is 35.5. The van der Waals surface area contributed by atoms with Crippen molar-refractivity contribution in [3.8, 4) is 11.3 Å². The van der Waals surface area contributed by atoms with Gasteiger partial charge in [0, 0.05) is 40.7 Å². The van der Waals surface area contributed by atoms with E-state index in [1.165, 1.54) is 5.56 Å². The van der Waals surface area contributed by atoms with Gasteiger partial charge in [-0.15, -0.1) is 0 Å². The Kier molecular flexibility index (Phi) is 5.87. The topological polar surface area (TPSA) is 54.9 Å². The normalized spacial score (nSPS) is 19.1. The van der Waals surface area contributed by atoms with Crippen molar-refractivity contribution in [2.24, 2.45) is 5.92 Å². The molecule has 0 spiro atoms. The number of hydrogen-bond acceptors (Lipinski definition) is 3. The first-order chi connectivity index (χ1) is 14.4. The summed E-state index contributed by atoms with van der Waals surface area (Å²) < 4.78 is 0. The number of halogens is 1. The van der Waals surface area contributed by atoms with Gasteiger partial charge in [0.2, 0.25) is 5.91 Å². The molecular formula is C25H26ClN3O. The van der Waals surface area contributed by atoms with Gasteiger partial charge < -0.3 is 5.32 Å². The molecule has 1 aliphatic rings. The van der Waals surface area contributed by atoms with Crippen LogP contribution in [-0.2, 0) is 4.79 Å². The average Bonchev–Trinajstić information content (AvgIpc) is 2.75. The SMILES string of the molecule is Cc1ccc2c(n1)[C@H]([C@@H](C)C(=O)Nc1ccc(Cl)c(-c3ccccn3)c1)CC[C@H]2C. The maximum absolute atomic E-state index is 13.1. The van der Waals surface area contributed by atoms with E-state index in [1.54, 1.807) is 12.3 Å². The van der Waals surface area contributed by atoms with Gasteiger partial charge in [-0.3, -0.25) is 14.8 Å².